The highest BCUT2D eigenvalue weighted by atomic mass is 14.8. The van der Waals surface area contributed by atoms with E-state index in [9.17, 15) is 0 Å². The minimum Gasteiger partial charge on any atom is -0.319 e. The van der Waals surface area contributed by atoms with E-state index in [-0.39, 0.29) is 0 Å². The molecular weight excluding hydrogens is 158 g/mol. The molecule has 1 rings (SSSR count). The van der Waals surface area contributed by atoms with Gasteiger partial charge in [0.1, 0.15) is 0 Å². The van der Waals surface area contributed by atoms with Gasteiger partial charge in [-0.2, -0.15) is 0 Å². The van der Waals surface area contributed by atoms with Crippen LogP contribution in [0.3, 0.4) is 0 Å². The van der Waals surface area contributed by atoms with Crippen LogP contribution in [0, 0.1) is 17.3 Å². The van der Waals surface area contributed by atoms with Crippen LogP contribution in [-0.2, 0) is 0 Å². The molecule has 0 bridgehead atoms. The summed E-state index contributed by atoms with van der Waals surface area (Å²) in [5.41, 5.74) is 0.502. The Labute approximate surface area is 83.3 Å². The fraction of sp³-hybridized carbons (Fsp3) is 1.00. The topological polar surface area (TPSA) is 12.0 Å². The van der Waals surface area contributed by atoms with Crippen molar-refractivity contribution in [3.63, 3.8) is 0 Å². The summed E-state index contributed by atoms with van der Waals surface area (Å²) in [6.07, 6.45) is 5.76. The third-order valence-electron chi connectivity index (χ3n) is 3.49. The zero-order valence-corrected chi connectivity index (χ0v) is 9.69. The number of hydrogen-bond acceptors (Lipinski definition) is 1. The normalized spacial score (nSPS) is 30.5. The molecule has 2 unspecified atom stereocenters. The maximum atomic E-state index is 3.34. The molecule has 13 heavy (non-hydrogen) atoms. The second kappa shape index (κ2) is 4.45. The van der Waals surface area contributed by atoms with Gasteiger partial charge in [0.2, 0.25) is 0 Å². The van der Waals surface area contributed by atoms with Crippen LogP contribution in [0.25, 0.3) is 0 Å². The smallest absolute Gasteiger partial charge is 0.00207 e. The molecule has 0 aliphatic heterocycles. The molecule has 1 fully saturated rings. The van der Waals surface area contributed by atoms with E-state index in [1.54, 1.807) is 0 Å². The monoisotopic (exact) mass is 183 g/mol. The first-order valence-corrected chi connectivity index (χ1v) is 5.70. The van der Waals surface area contributed by atoms with Crippen LogP contribution in [0.1, 0.15) is 46.5 Å². The van der Waals surface area contributed by atoms with Crippen LogP contribution < -0.4 is 5.32 Å². The third kappa shape index (κ3) is 2.98. The Morgan fingerprint density at radius 3 is 2.31 bits per heavy atom. The first-order chi connectivity index (χ1) is 6.05. The summed E-state index contributed by atoms with van der Waals surface area (Å²) in [5.74, 6) is 1.84. The lowest BCUT2D eigenvalue weighted by Gasteiger charge is -2.40. The molecule has 0 aromatic heterocycles. The molecule has 0 saturated heterocycles. The molecule has 1 aliphatic rings. The highest BCUT2D eigenvalue weighted by molar-refractivity contribution is 4.84. The first kappa shape index (κ1) is 11.0. The van der Waals surface area contributed by atoms with Gasteiger partial charge in [-0.1, -0.05) is 33.6 Å². The second-order valence-electron chi connectivity index (χ2n) is 5.57. The summed E-state index contributed by atoms with van der Waals surface area (Å²) >= 11 is 0. The maximum absolute atomic E-state index is 3.34. The zero-order valence-electron chi connectivity index (χ0n) is 9.69. The van der Waals surface area contributed by atoms with Gasteiger partial charge in [-0.3, -0.25) is 0 Å². The summed E-state index contributed by atoms with van der Waals surface area (Å²) in [5, 5.41) is 3.34. The van der Waals surface area contributed by atoms with E-state index in [1.165, 1.54) is 32.2 Å². The number of rotatable bonds is 2. The average Bonchev–Trinajstić information content (AvgIpc) is 2.04. The Balaban J connectivity index is 2.56. The fourth-order valence-corrected chi connectivity index (χ4v) is 2.85. The molecule has 1 N–H and O–H groups in total. The first-order valence-electron chi connectivity index (χ1n) is 5.70. The van der Waals surface area contributed by atoms with Crippen molar-refractivity contribution in [2.24, 2.45) is 17.3 Å². The second-order valence-corrected chi connectivity index (χ2v) is 5.57. The molecule has 0 aromatic carbocycles. The van der Waals surface area contributed by atoms with Gasteiger partial charge in [0.25, 0.3) is 0 Å². The number of nitrogens with one attached hydrogen (secondary N) is 1. The van der Waals surface area contributed by atoms with Crippen molar-refractivity contribution in [3.8, 4) is 0 Å². The van der Waals surface area contributed by atoms with E-state index in [0.29, 0.717) is 5.41 Å². The van der Waals surface area contributed by atoms with Crippen molar-refractivity contribution < 1.29 is 0 Å². The quantitative estimate of drug-likeness (QED) is 0.694. The molecule has 0 amide bonds. The van der Waals surface area contributed by atoms with Crippen molar-refractivity contribution >= 4 is 0 Å². The Morgan fingerprint density at radius 2 is 1.77 bits per heavy atom. The van der Waals surface area contributed by atoms with Crippen LogP contribution in [-0.4, -0.2) is 13.6 Å². The average molecular weight is 183 g/mol. The molecule has 0 heterocycles. The van der Waals surface area contributed by atoms with Gasteiger partial charge in [0, 0.05) is 0 Å². The summed E-state index contributed by atoms with van der Waals surface area (Å²) < 4.78 is 0. The van der Waals surface area contributed by atoms with Crippen LogP contribution in [0.5, 0.6) is 0 Å². The van der Waals surface area contributed by atoms with Gasteiger partial charge in [0.05, 0.1) is 0 Å². The minimum absolute atomic E-state index is 0.502. The summed E-state index contributed by atoms with van der Waals surface area (Å²) in [4.78, 5) is 0. The molecule has 2 atom stereocenters. The van der Waals surface area contributed by atoms with E-state index in [0.717, 1.165) is 11.8 Å². The van der Waals surface area contributed by atoms with Gasteiger partial charge >= 0.3 is 0 Å². The van der Waals surface area contributed by atoms with E-state index < -0.39 is 0 Å². The van der Waals surface area contributed by atoms with E-state index in [4.69, 9.17) is 0 Å². The molecule has 78 valence electrons. The maximum Gasteiger partial charge on any atom is -0.00207 e. The van der Waals surface area contributed by atoms with Gasteiger partial charge in [-0.05, 0) is 43.7 Å². The zero-order chi connectivity index (χ0) is 9.90. The van der Waals surface area contributed by atoms with Crippen molar-refractivity contribution in [2.45, 2.75) is 46.5 Å². The van der Waals surface area contributed by atoms with Crippen molar-refractivity contribution in [2.75, 3.05) is 13.6 Å². The van der Waals surface area contributed by atoms with Gasteiger partial charge in [-0.25, -0.2) is 0 Å². The lowest BCUT2D eigenvalue weighted by atomic mass is 9.66. The largest absolute Gasteiger partial charge is 0.319 e. The van der Waals surface area contributed by atoms with Crippen molar-refractivity contribution in [1.82, 2.24) is 5.32 Å². The van der Waals surface area contributed by atoms with Gasteiger partial charge < -0.3 is 5.32 Å². The molecule has 0 spiro atoms. The van der Waals surface area contributed by atoms with Crippen LogP contribution in [0.4, 0.5) is 0 Å². The van der Waals surface area contributed by atoms with Crippen LogP contribution in [0.2, 0.25) is 0 Å². The van der Waals surface area contributed by atoms with Crippen LogP contribution >= 0.6 is 0 Å². The molecule has 1 nitrogen and oxygen atoms in total. The SMILES string of the molecule is CNCC1CCCCC1C(C)(C)C. The Morgan fingerprint density at radius 1 is 1.15 bits per heavy atom. The summed E-state index contributed by atoms with van der Waals surface area (Å²) in [6, 6.07) is 0. The fourth-order valence-electron chi connectivity index (χ4n) is 2.85. The molecule has 1 saturated carbocycles. The Kier molecular flexibility index (Phi) is 3.78. The van der Waals surface area contributed by atoms with Gasteiger partial charge in [0.15, 0.2) is 0 Å². The number of hydrogen-bond donors (Lipinski definition) is 1. The summed E-state index contributed by atoms with van der Waals surface area (Å²) in [7, 11) is 2.08. The Bertz CT molecular complexity index is 144. The lowest BCUT2D eigenvalue weighted by molar-refractivity contribution is 0.108. The molecule has 0 radical (unpaired) electrons. The standard InChI is InChI=1S/C12H25N/c1-12(2,3)11-8-6-5-7-10(11)9-13-4/h10-11,13H,5-9H2,1-4H3. The predicted molar refractivity (Wildman–Crippen MR) is 58.8 cm³/mol. The highest BCUT2D eigenvalue weighted by Gasteiger charge is 2.33. The van der Waals surface area contributed by atoms with Gasteiger partial charge in [-0.15, -0.1) is 0 Å². The molecular formula is C12H25N. The Hall–Kier alpha value is -0.0400. The minimum atomic E-state index is 0.502. The van der Waals surface area contributed by atoms with Crippen molar-refractivity contribution in [1.29, 1.82) is 0 Å². The predicted octanol–water partition coefficient (Wildman–Crippen LogP) is 3.06. The molecule has 1 aliphatic carbocycles. The molecule has 0 aromatic rings. The van der Waals surface area contributed by atoms with E-state index in [1.807, 2.05) is 0 Å². The third-order valence-corrected chi connectivity index (χ3v) is 3.49. The van der Waals surface area contributed by atoms with E-state index in [2.05, 4.69) is 33.1 Å². The van der Waals surface area contributed by atoms with Crippen molar-refractivity contribution in [3.05, 3.63) is 0 Å². The lowest BCUT2D eigenvalue weighted by Crippen LogP contribution is -2.36. The van der Waals surface area contributed by atoms with E-state index >= 15 is 0 Å². The van der Waals surface area contributed by atoms with Crippen LogP contribution in [0.15, 0.2) is 0 Å². The summed E-state index contributed by atoms with van der Waals surface area (Å²) in [6.45, 7) is 8.39. The molecule has 1 heteroatoms. The highest BCUT2D eigenvalue weighted by Crippen LogP contribution is 2.41.